The van der Waals surface area contributed by atoms with Gasteiger partial charge in [0.2, 0.25) is 0 Å². The van der Waals surface area contributed by atoms with Crippen molar-refractivity contribution in [3.05, 3.63) is 170 Å². The zero-order valence-electron chi connectivity index (χ0n) is 25.2. The summed E-state index contributed by atoms with van der Waals surface area (Å²) in [6.45, 7) is 0. The number of hydrogen-bond donors (Lipinski definition) is 0. The first-order valence-corrected chi connectivity index (χ1v) is 15.5. The summed E-state index contributed by atoms with van der Waals surface area (Å²) in [5, 5.41) is 15.0. The van der Waals surface area contributed by atoms with E-state index in [1.165, 1.54) is 53.9 Å². The largest absolute Gasteiger partial charge is 0.305 e. The summed E-state index contributed by atoms with van der Waals surface area (Å²) < 4.78 is 0. The van der Waals surface area contributed by atoms with E-state index in [2.05, 4.69) is 120 Å². The minimum absolute atomic E-state index is 0. The minimum atomic E-state index is 0. The predicted molar refractivity (Wildman–Crippen MR) is 193 cm³/mol. The fourth-order valence-electron chi connectivity index (χ4n) is 6.84. The maximum atomic E-state index is 4.85. The summed E-state index contributed by atoms with van der Waals surface area (Å²) in [6, 6.07) is 57.8. The molecule has 0 saturated heterocycles. The van der Waals surface area contributed by atoms with Crippen molar-refractivity contribution in [2.24, 2.45) is 0 Å². The third-order valence-electron chi connectivity index (χ3n) is 8.95. The number of pyridine rings is 2. The van der Waals surface area contributed by atoms with Gasteiger partial charge in [0.1, 0.15) is 0 Å². The molecule has 1 radical (unpaired) electrons. The van der Waals surface area contributed by atoms with Gasteiger partial charge in [0.15, 0.2) is 0 Å². The minimum Gasteiger partial charge on any atom is -0.305 e. The summed E-state index contributed by atoms with van der Waals surface area (Å²) in [4.78, 5) is 9.07. The Labute approximate surface area is 286 Å². The van der Waals surface area contributed by atoms with Gasteiger partial charge in [-0.25, -0.2) is 0 Å². The maximum absolute atomic E-state index is 4.85. The van der Waals surface area contributed by atoms with E-state index >= 15 is 0 Å². The molecule has 2 aromatic heterocycles. The first-order chi connectivity index (χ1) is 22.8. The van der Waals surface area contributed by atoms with Gasteiger partial charge in [-0.1, -0.05) is 113 Å². The van der Waals surface area contributed by atoms with Gasteiger partial charge in [-0.15, -0.1) is 59.5 Å². The number of fused-ring (bicyclic) bond motifs is 5. The molecule has 0 aliphatic rings. The summed E-state index contributed by atoms with van der Waals surface area (Å²) in [6.07, 6.45) is 3.72. The fraction of sp³-hybridized carbons (Fsp3) is 0. The van der Waals surface area contributed by atoms with E-state index in [1.807, 2.05) is 48.7 Å². The molecule has 0 unspecified atom stereocenters. The van der Waals surface area contributed by atoms with E-state index in [1.54, 1.807) is 6.20 Å². The van der Waals surface area contributed by atoms with Crippen LogP contribution in [0.3, 0.4) is 0 Å². The topological polar surface area (TPSA) is 25.8 Å². The molecule has 0 amide bonds. The molecule has 0 N–H and O–H groups in total. The van der Waals surface area contributed by atoms with Gasteiger partial charge >= 0.3 is 0 Å². The SMILES string of the molecule is [Ir].[c-]1c(-c2nccc3c2ccc2c4ccccc4ccc32)cc2ccc3cccc4ccc1c2c43.[c-]1ccccc1-c1ccccn1. The van der Waals surface area contributed by atoms with Crippen LogP contribution < -0.4 is 0 Å². The van der Waals surface area contributed by atoms with Crippen molar-refractivity contribution in [1.82, 2.24) is 9.97 Å². The van der Waals surface area contributed by atoms with Crippen molar-refractivity contribution in [3.8, 4) is 22.5 Å². The van der Waals surface area contributed by atoms with Crippen molar-refractivity contribution < 1.29 is 20.1 Å². The first kappa shape index (κ1) is 29.0. The van der Waals surface area contributed by atoms with Crippen LogP contribution in [0, 0.1) is 12.1 Å². The van der Waals surface area contributed by atoms with Gasteiger partial charge in [-0.3, -0.25) is 4.98 Å². The van der Waals surface area contributed by atoms with Gasteiger partial charge in [0, 0.05) is 38.2 Å². The predicted octanol–water partition coefficient (Wildman–Crippen LogP) is 11.5. The van der Waals surface area contributed by atoms with Gasteiger partial charge in [0.25, 0.3) is 0 Å². The molecule has 0 fully saturated rings. The number of aromatic nitrogens is 2. The quantitative estimate of drug-likeness (QED) is 0.129. The molecule has 2 heterocycles. The van der Waals surface area contributed by atoms with E-state index in [4.69, 9.17) is 4.98 Å². The average molecular weight is 775 g/mol. The maximum Gasteiger partial charge on any atom is 0.0189 e. The Morgan fingerprint density at radius 2 is 1.13 bits per heavy atom. The Morgan fingerprint density at radius 3 is 1.98 bits per heavy atom. The third-order valence-corrected chi connectivity index (χ3v) is 8.95. The normalized spacial score (nSPS) is 11.2. The molecule has 10 rings (SSSR count). The van der Waals surface area contributed by atoms with Crippen molar-refractivity contribution in [1.29, 1.82) is 0 Å². The summed E-state index contributed by atoms with van der Waals surface area (Å²) in [5.41, 5.74) is 4.03. The monoisotopic (exact) mass is 775 g/mol. The Balaban J connectivity index is 0.000000212. The molecule has 0 spiro atoms. The third kappa shape index (κ3) is 5.02. The van der Waals surface area contributed by atoms with Crippen molar-refractivity contribution in [2.45, 2.75) is 0 Å². The first-order valence-electron chi connectivity index (χ1n) is 15.5. The van der Waals surface area contributed by atoms with E-state index in [9.17, 15) is 0 Å². The van der Waals surface area contributed by atoms with Crippen LogP contribution in [0.4, 0.5) is 0 Å². The van der Waals surface area contributed by atoms with E-state index < -0.39 is 0 Å². The Hall–Kier alpha value is -5.47. The van der Waals surface area contributed by atoms with Gasteiger partial charge in [0.05, 0.1) is 0 Å². The Kier molecular flexibility index (Phi) is 7.42. The molecule has 0 aliphatic carbocycles. The van der Waals surface area contributed by atoms with E-state index in [0.717, 1.165) is 33.3 Å². The molecule has 0 aliphatic heterocycles. The molecular weight excluding hydrogens is 749 g/mol. The van der Waals surface area contributed by atoms with E-state index in [0.29, 0.717) is 0 Å². The molecule has 0 saturated carbocycles. The molecule has 223 valence electrons. The van der Waals surface area contributed by atoms with Crippen LogP contribution in [0.15, 0.2) is 158 Å². The number of rotatable bonds is 2. The molecular formula is C44H26IrN2-2. The van der Waals surface area contributed by atoms with Crippen LogP contribution in [-0.2, 0) is 20.1 Å². The van der Waals surface area contributed by atoms with Crippen LogP contribution >= 0.6 is 0 Å². The average Bonchev–Trinajstić information content (AvgIpc) is 3.14. The molecule has 0 atom stereocenters. The van der Waals surface area contributed by atoms with Gasteiger partial charge in [-0.05, 0) is 66.3 Å². The van der Waals surface area contributed by atoms with Crippen LogP contribution in [0.5, 0.6) is 0 Å². The second-order valence-corrected chi connectivity index (χ2v) is 11.6. The van der Waals surface area contributed by atoms with Crippen LogP contribution in [0.2, 0.25) is 0 Å². The number of hydrogen-bond acceptors (Lipinski definition) is 2. The summed E-state index contributed by atoms with van der Waals surface area (Å²) in [7, 11) is 0. The zero-order chi connectivity index (χ0) is 30.5. The molecule has 8 aromatic carbocycles. The van der Waals surface area contributed by atoms with Gasteiger partial charge < -0.3 is 4.98 Å². The summed E-state index contributed by atoms with van der Waals surface area (Å²) >= 11 is 0. The summed E-state index contributed by atoms with van der Waals surface area (Å²) in [5.74, 6) is 0. The Bertz CT molecular complexity index is 2580. The second-order valence-electron chi connectivity index (χ2n) is 11.6. The number of benzene rings is 8. The van der Waals surface area contributed by atoms with Crippen LogP contribution in [-0.4, -0.2) is 9.97 Å². The molecule has 3 heteroatoms. The smallest absolute Gasteiger partial charge is 0.0189 e. The molecule has 10 aromatic rings. The van der Waals surface area contributed by atoms with E-state index in [-0.39, 0.29) is 20.1 Å². The van der Waals surface area contributed by atoms with Crippen molar-refractivity contribution in [3.63, 3.8) is 0 Å². The zero-order valence-corrected chi connectivity index (χ0v) is 27.6. The standard InChI is InChI=1S/C33H18N.C11H8N.Ir/c1-2-7-26-20(4-1)12-13-28-27(26)14-15-30-29(28)16-17-34-33(30)25-18-23-10-8-21-5-3-6-22-9-11-24(19-25)32(23)31(21)22;1-2-6-10(7-3-1)11-8-4-5-9-12-11;/h1-18H;1-6,8-9H;/q2*-1;. The molecule has 0 bridgehead atoms. The van der Waals surface area contributed by atoms with Crippen molar-refractivity contribution >= 4 is 64.6 Å². The second kappa shape index (κ2) is 12.0. The van der Waals surface area contributed by atoms with Crippen LogP contribution in [0.25, 0.3) is 87.1 Å². The molecule has 2 nitrogen and oxygen atoms in total. The van der Waals surface area contributed by atoms with Gasteiger partial charge in [-0.2, -0.15) is 0 Å². The van der Waals surface area contributed by atoms with Crippen LogP contribution in [0.1, 0.15) is 0 Å². The van der Waals surface area contributed by atoms with Crippen molar-refractivity contribution in [2.75, 3.05) is 0 Å². The Morgan fingerprint density at radius 1 is 0.426 bits per heavy atom. The molecule has 47 heavy (non-hydrogen) atoms. The fourth-order valence-corrected chi connectivity index (χ4v) is 6.84. The number of nitrogens with zero attached hydrogens (tertiary/aromatic N) is 2.